The Bertz CT molecular complexity index is 406. The summed E-state index contributed by atoms with van der Waals surface area (Å²) in [6.07, 6.45) is 2.96. The molecule has 1 aromatic carbocycles. The number of hydrogen-bond donors (Lipinski definition) is 3. The Morgan fingerprint density at radius 3 is 2.83 bits per heavy atom. The maximum absolute atomic E-state index is 9.03. The van der Waals surface area contributed by atoms with E-state index in [1.54, 1.807) is 12.1 Å². The lowest BCUT2D eigenvalue weighted by Gasteiger charge is -2.17. The van der Waals surface area contributed by atoms with Gasteiger partial charge in [0.25, 0.3) is 0 Å². The van der Waals surface area contributed by atoms with E-state index in [2.05, 4.69) is 18.3 Å². The second kappa shape index (κ2) is 7.57. The van der Waals surface area contributed by atoms with E-state index in [-0.39, 0.29) is 6.61 Å². The molecule has 0 amide bonds. The van der Waals surface area contributed by atoms with Gasteiger partial charge in [0.2, 0.25) is 0 Å². The van der Waals surface area contributed by atoms with E-state index in [1.165, 1.54) is 0 Å². The lowest BCUT2D eigenvalue weighted by Crippen LogP contribution is -2.16. The first-order valence-electron chi connectivity index (χ1n) is 6.35. The van der Waals surface area contributed by atoms with Crippen LogP contribution in [0.1, 0.15) is 31.7 Å². The zero-order valence-corrected chi connectivity index (χ0v) is 10.8. The van der Waals surface area contributed by atoms with Crippen LogP contribution in [0, 0.1) is 17.2 Å². The van der Waals surface area contributed by atoms with Crippen LogP contribution in [-0.2, 0) is 0 Å². The van der Waals surface area contributed by atoms with E-state index in [4.69, 9.17) is 16.1 Å². The van der Waals surface area contributed by atoms with E-state index >= 15 is 0 Å². The summed E-state index contributed by atoms with van der Waals surface area (Å²) in [6, 6.07) is 7.41. The molecule has 0 bridgehead atoms. The van der Waals surface area contributed by atoms with Gasteiger partial charge in [-0.1, -0.05) is 13.3 Å². The van der Waals surface area contributed by atoms with Gasteiger partial charge in [-0.25, -0.2) is 0 Å². The van der Waals surface area contributed by atoms with E-state index in [0.29, 0.717) is 17.2 Å². The molecule has 1 rings (SSSR count). The second-order valence-corrected chi connectivity index (χ2v) is 4.46. The number of aliphatic hydroxyl groups excluding tert-OH is 1. The number of nitrogens with one attached hydrogen (secondary N) is 1. The number of nitrogens with zero attached hydrogens (tertiary/aromatic N) is 1. The van der Waals surface area contributed by atoms with Crippen molar-refractivity contribution in [3.8, 4) is 6.07 Å². The molecule has 0 fully saturated rings. The highest BCUT2D eigenvalue weighted by Crippen LogP contribution is 2.19. The second-order valence-electron chi connectivity index (χ2n) is 4.46. The van der Waals surface area contributed by atoms with Crippen LogP contribution in [-0.4, -0.2) is 18.3 Å². The first-order valence-corrected chi connectivity index (χ1v) is 6.35. The number of aliphatic hydroxyl groups is 1. The standard InChI is InChI=1S/C14H21N3O/c1-2-3-11(6-7-18)10-17-14-5-4-13(16)8-12(14)9-15/h4-5,8,11,17-18H,2-3,6-7,10,16H2,1H3. The lowest BCUT2D eigenvalue weighted by molar-refractivity contribution is 0.255. The van der Waals surface area contributed by atoms with Crippen molar-refractivity contribution < 1.29 is 5.11 Å². The maximum atomic E-state index is 9.03. The molecular formula is C14H21N3O. The minimum atomic E-state index is 0.208. The quantitative estimate of drug-likeness (QED) is 0.646. The molecular weight excluding hydrogens is 226 g/mol. The van der Waals surface area contributed by atoms with Crippen LogP contribution < -0.4 is 11.1 Å². The van der Waals surface area contributed by atoms with Gasteiger partial charge in [0.1, 0.15) is 6.07 Å². The number of benzene rings is 1. The fourth-order valence-electron chi connectivity index (χ4n) is 2.00. The molecule has 0 aliphatic heterocycles. The molecule has 1 atom stereocenters. The van der Waals surface area contributed by atoms with Gasteiger partial charge in [-0.15, -0.1) is 0 Å². The zero-order chi connectivity index (χ0) is 13.4. The maximum Gasteiger partial charge on any atom is 0.101 e. The summed E-state index contributed by atoms with van der Waals surface area (Å²) in [5.41, 5.74) is 7.61. The van der Waals surface area contributed by atoms with E-state index < -0.39 is 0 Å². The van der Waals surface area contributed by atoms with Crippen LogP contribution in [0.15, 0.2) is 18.2 Å². The van der Waals surface area contributed by atoms with Gasteiger partial charge in [-0.2, -0.15) is 5.26 Å². The molecule has 0 aliphatic rings. The van der Waals surface area contributed by atoms with Crippen LogP contribution in [0.4, 0.5) is 11.4 Å². The molecule has 0 aromatic heterocycles. The molecule has 0 saturated carbocycles. The Hall–Kier alpha value is -1.73. The van der Waals surface area contributed by atoms with E-state index in [9.17, 15) is 0 Å². The zero-order valence-electron chi connectivity index (χ0n) is 10.8. The Kier molecular flexibility index (Phi) is 6.03. The first-order chi connectivity index (χ1) is 8.71. The van der Waals surface area contributed by atoms with Crippen molar-refractivity contribution >= 4 is 11.4 Å². The smallest absolute Gasteiger partial charge is 0.101 e. The number of nitrogens with two attached hydrogens (primary N) is 1. The molecule has 0 heterocycles. The molecule has 18 heavy (non-hydrogen) atoms. The normalized spacial score (nSPS) is 11.8. The largest absolute Gasteiger partial charge is 0.399 e. The third-order valence-corrected chi connectivity index (χ3v) is 2.98. The average Bonchev–Trinajstić information content (AvgIpc) is 2.37. The fourth-order valence-corrected chi connectivity index (χ4v) is 2.00. The Morgan fingerprint density at radius 1 is 1.44 bits per heavy atom. The third kappa shape index (κ3) is 4.27. The van der Waals surface area contributed by atoms with Gasteiger partial charge < -0.3 is 16.2 Å². The van der Waals surface area contributed by atoms with Crippen molar-refractivity contribution in [2.75, 3.05) is 24.2 Å². The van der Waals surface area contributed by atoms with Crippen LogP contribution >= 0.6 is 0 Å². The summed E-state index contributed by atoms with van der Waals surface area (Å²) in [4.78, 5) is 0. The van der Waals surface area contributed by atoms with Gasteiger partial charge in [-0.05, 0) is 37.0 Å². The van der Waals surface area contributed by atoms with E-state index in [0.717, 1.165) is 31.5 Å². The number of hydrogen-bond acceptors (Lipinski definition) is 4. The minimum absolute atomic E-state index is 0.208. The molecule has 0 radical (unpaired) electrons. The van der Waals surface area contributed by atoms with Gasteiger partial charge in [0, 0.05) is 18.8 Å². The topological polar surface area (TPSA) is 82.1 Å². The first kappa shape index (κ1) is 14.3. The molecule has 0 aliphatic carbocycles. The Balaban J connectivity index is 2.64. The van der Waals surface area contributed by atoms with Crippen molar-refractivity contribution in [3.05, 3.63) is 23.8 Å². The molecule has 4 nitrogen and oxygen atoms in total. The molecule has 0 saturated heterocycles. The predicted molar refractivity (Wildman–Crippen MR) is 74.2 cm³/mol. The third-order valence-electron chi connectivity index (χ3n) is 2.98. The Morgan fingerprint density at radius 2 is 2.22 bits per heavy atom. The van der Waals surface area contributed by atoms with Crippen LogP contribution in [0.2, 0.25) is 0 Å². The van der Waals surface area contributed by atoms with Gasteiger partial charge in [0.15, 0.2) is 0 Å². The summed E-state index contributed by atoms with van der Waals surface area (Å²) >= 11 is 0. The highest BCUT2D eigenvalue weighted by Gasteiger charge is 2.08. The predicted octanol–water partition coefficient (Wildman–Crippen LogP) is 2.35. The van der Waals surface area contributed by atoms with Crippen molar-refractivity contribution in [2.24, 2.45) is 5.92 Å². The van der Waals surface area contributed by atoms with Gasteiger partial charge in [0.05, 0.1) is 11.3 Å². The molecule has 1 unspecified atom stereocenters. The fraction of sp³-hybridized carbons (Fsp3) is 0.500. The Labute approximate surface area is 108 Å². The number of anilines is 2. The van der Waals surface area contributed by atoms with Crippen molar-refractivity contribution in [2.45, 2.75) is 26.2 Å². The lowest BCUT2D eigenvalue weighted by atomic mass is 10.00. The molecule has 0 spiro atoms. The number of rotatable bonds is 7. The minimum Gasteiger partial charge on any atom is -0.399 e. The van der Waals surface area contributed by atoms with Gasteiger partial charge in [-0.3, -0.25) is 0 Å². The summed E-state index contributed by atoms with van der Waals surface area (Å²) in [6.45, 7) is 3.11. The van der Waals surface area contributed by atoms with Crippen molar-refractivity contribution in [1.29, 1.82) is 5.26 Å². The highest BCUT2D eigenvalue weighted by atomic mass is 16.3. The summed E-state index contributed by atoms with van der Waals surface area (Å²) in [5.74, 6) is 0.434. The van der Waals surface area contributed by atoms with Crippen molar-refractivity contribution in [3.63, 3.8) is 0 Å². The average molecular weight is 247 g/mol. The van der Waals surface area contributed by atoms with Crippen LogP contribution in [0.25, 0.3) is 0 Å². The number of nitrogen functional groups attached to an aromatic ring is 1. The molecule has 1 aromatic rings. The molecule has 4 N–H and O–H groups in total. The number of nitriles is 1. The monoisotopic (exact) mass is 247 g/mol. The van der Waals surface area contributed by atoms with Crippen molar-refractivity contribution in [1.82, 2.24) is 0 Å². The highest BCUT2D eigenvalue weighted by molar-refractivity contribution is 5.62. The van der Waals surface area contributed by atoms with Crippen LogP contribution in [0.3, 0.4) is 0 Å². The summed E-state index contributed by atoms with van der Waals surface area (Å²) in [5, 5.41) is 21.3. The summed E-state index contributed by atoms with van der Waals surface area (Å²) in [7, 11) is 0. The molecule has 4 heteroatoms. The molecule has 98 valence electrons. The summed E-state index contributed by atoms with van der Waals surface area (Å²) < 4.78 is 0. The van der Waals surface area contributed by atoms with Gasteiger partial charge >= 0.3 is 0 Å². The SMILES string of the molecule is CCCC(CCO)CNc1ccc(N)cc1C#N. The van der Waals surface area contributed by atoms with Crippen LogP contribution in [0.5, 0.6) is 0 Å². The van der Waals surface area contributed by atoms with E-state index in [1.807, 2.05) is 6.07 Å².